The smallest absolute Gasteiger partial charge is 0.280 e. The van der Waals surface area contributed by atoms with Crippen molar-refractivity contribution in [2.45, 2.75) is 13.5 Å². The maximum Gasteiger partial charge on any atom is 0.280 e. The van der Waals surface area contributed by atoms with E-state index in [1.165, 1.54) is 0 Å². The number of aryl methyl sites for hydroxylation is 1. The lowest BCUT2D eigenvalue weighted by atomic mass is 10.1. The fourth-order valence-corrected chi connectivity index (χ4v) is 4.28. The van der Waals surface area contributed by atoms with Crippen molar-refractivity contribution in [3.05, 3.63) is 85.2 Å². The Kier molecular flexibility index (Phi) is 4.61. The van der Waals surface area contributed by atoms with E-state index in [0.29, 0.717) is 23.3 Å². The molecule has 6 heteroatoms. The second-order valence-corrected chi connectivity index (χ2v) is 8.55. The molecule has 2 heterocycles. The van der Waals surface area contributed by atoms with Gasteiger partial charge in [0.2, 0.25) is 0 Å². The molecule has 0 amide bonds. The fraction of sp³-hybridized carbons (Fsp3) is 0.100. The number of fused-ring (bicyclic) bond motifs is 1. The summed E-state index contributed by atoms with van der Waals surface area (Å²) < 4.78 is 2.63. The molecule has 0 unspecified atom stereocenters. The maximum absolute atomic E-state index is 13.1. The molecule has 0 aliphatic rings. The SMILES string of the molecule is Cc1cccc(-c2nc3ccccc3c(=O)n2NCc2ccc(Br)s2)c1. The van der Waals surface area contributed by atoms with E-state index in [-0.39, 0.29) is 5.56 Å². The summed E-state index contributed by atoms with van der Waals surface area (Å²) in [5, 5.41) is 0.601. The van der Waals surface area contributed by atoms with Crippen LogP contribution in [0.1, 0.15) is 10.4 Å². The minimum absolute atomic E-state index is 0.0947. The van der Waals surface area contributed by atoms with Crippen LogP contribution in [0.4, 0.5) is 0 Å². The first-order chi connectivity index (χ1) is 12.6. The molecule has 0 aliphatic heterocycles. The van der Waals surface area contributed by atoms with E-state index >= 15 is 0 Å². The number of hydrogen-bond acceptors (Lipinski definition) is 4. The van der Waals surface area contributed by atoms with Crippen LogP contribution in [0.5, 0.6) is 0 Å². The molecule has 26 heavy (non-hydrogen) atoms. The molecule has 130 valence electrons. The van der Waals surface area contributed by atoms with Gasteiger partial charge in [-0.1, -0.05) is 35.9 Å². The third-order valence-corrected chi connectivity index (χ3v) is 5.72. The zero-order valence-corrected chi connectivity index (χ0v) is 16.5. The van der Waals surface area contributed by atoms with Crippen LogP contribution in [0.15, 0.2) is 69.2 Å². The van der Waals surface area contributed by atoms with Crippen LogP contribution in [0.2, 0.25) is 0 Å². The molecule has 4 nitrogen and oxygen atoms in total. The van der Waals surface area contributed by atoms with Crippen molar-refractivity contribution in [1.82, 2.24) is 9.66 Å². The van der Waals surface area contributed by atoms with Gasteiger partial charge in [-0.15, -0.1) is 11.3 Å². The van der Waals surface area contributed by atoms with Crippen LogP contribution >= 0.6 is 27.3 Å². The lowest BCUT2D eigenvalue weighted by molar-refractivity contribution is 0.807. The predicted octanol–water partition coefficient (Wildman–Crippen LogP) is 4.94. The van der Waals surface area contributed by atoms with Gasteiger partial charge in [-0.25, -0.2) is 9.66 Å². The topological polar surface area (TPSA) is 46.9 Å². The second kappa shape index (κ2) is 7.05. The standard InChI is InChI=1S/C20H16BrN3OS/c1-13-5-4-6-14(11-13)19-23-17-8-3-2-7-16(17)20(25)24(19)22-12-15-9-10-18(21)26-15/h2-11,22H,12H2,1H3. The van der Waals surface area contributed by atoms with Gasteiger partial charge in [0.25, 0.3) is 5.56 Å². The maximum atomic E-state index is 13.1. The van der Waals surface area contributed by atoms with E-state index in [9.17, 15) is 4.79 Å². The first-order valence-electron chi connectivity index (χ1n) is 8.19. The molecule has 0 saturated carbocycles. The quantitative estimate of drug-likeness (QED) is 0.503. The molecule has 0 spiro atoms. The van der Waals surface area contributed by atoms with Crippen LogP contribution in [0, 0.1) is 6.92 Å². The lowest BCUT2D eigenvalue weighted by Crippen LogP contribution is -2.31. The molecule has 2 aromatic heterocycles. The van der Waals surface area contributed by atoms with E-state index in [1.807, 2.05) is 67.6 Å². The first-order valence-corrected chi connectivity index (χ1v) is 9.80. The molecule has 0 bridgehead atoms. The van der Waals surface area contributed by atoms with Gasteiger partial charge >= 0.3 is 0 Å². The van der Waals surface area contributed by atoms with E-state index < -0.39 is 0 Å². The molecular weight excluding hydrogens is 410 g/mol. The normalized spacial score (nSPS) is 11.0. The average Bonchev–Trinajstić information content (AvgIpc) is 3.06. The number of thiophene rings is 1. The molecule has 4 rings (SSSR count). The molecule has 0 aliphatic carbocycles. The molecule has 0 atom stereocenters. The van der Waals surface area contributed by atoms with Crippen molar-refractivity contribution in [3.8, 4) is 11.4 Å². The molecule has 2 aromatic carbocycles. The van der Waals surface area contributed by atoms with Gasteiger partial charge in [-0.3, -0.25) is 4.79 Å². The summed E-state index contributed by atoms with van der Waals surface area (Å²) in [4.78, 5) is 19.0. The van der Waals surface area contributed by atoms with E-state index in [4.69, 9.17) is 4.98 Å². The summed E-state index contributed by atoms with van der Waals surface area (Å²) in [6.07, 6.45) is 0. The third kappa shape index (κ3) is 3.30. The summed E-state index contributed by atoms with van der Waals surface area (Å²) in [5.74, 6) is 0.619. The van der Waals surface area contributed by atoms with Gasteiger partial charge in [0.1, 0.15) is 0 Å². The minimum atomic E-state index is -0.0947. The molecular formula is C20H16BrN3OS. The second-order valence-electron chi connectivity index (χ2n) is 6.00. The van der Waals surface area contributed by atoms with Crippen molar-refractivity contribution < 1.29 is 0 Å². The molecule has 4 aromatic rings. The van der Waals surface area contributed by atoms with Crippen molar-refractivity contribution in [2.24, 2.45) is 0 Å². The summed E-state index contributed by atoms with van der Waals surface area (Å²) in [7, 11) is 0. The van der Waals surface area contributed by atoms with Crippen molar-refractivity contribution in [2.75, 3.05) is 5.43 Å². The van der Waals surface area contributed by atoms with E-state index in [2.05, 4.69) is 21.4 Å². The zero-order chi connectivity index (χ0) is 18.1. The highest BCUT2D eigenvalue weighted by Gasteiger charge is 2.13. The number of rotatable bonds is 4. The first kappa shape index (κ1) is 17.0. The molecule has 0 fully saturated rings. The molecule has 1 N–H and O–H groups in total. The Balaban J connectivity index is 1.86. The average molecular weight is 426 g/mol. The van der Waals surface area contributed by atoms with Crippen LogP contribution in [0.3, 0.4) is 0 Å². The number of nitrogens with one attached hydrogen (secondary N) is 1. The number of nitrogens with zero attached hydrogens (tertiary/aromatic N) is 2. The highest BCUT2D eigenvalue weighted by molar-refractivity contribution is 9.11. The number of hydrogen-bond donors (Lipinski definition) is 1. The Labute approximate surface area is 163 Å². The van der Waals surface area contributed by atoms with Crippen molar-refractivity contribution in [3.63, 3.8) is 0 Å². The summed E-state index contributed by atoms with van der Waals surface area (Å²) >= 11 is 5.11. The molecule has 0 radical (unpaired) electrons. The Morgan fingerprint density at radius 1 is 1.12 bits per heavy atom. The van der Waals surface area contributed by atoms with Crippen LogP contribution in [0.25, 0.3) is 22.3 Å². The van der Waals surface area contributed by atoms with Crippen molar-refractivity contribution >= 4 is 38.2 Å². The van der Waals surface area contributed by atoms with Gasteiger partial charge < -0.3 is 5.43 Å². The van der Waals surface area contributed by atoms with Crippen LogP contribution in [-0.4, -0.2) is 9.66 Å². The lowest BCUT2D eigenvalue weighted by Gasteiger charge is -2.15. The minimum Gasteiger partial charge on any atom is -0.316 e. The highest BCUT2D eigenvalue weighted by atomic mass is 79.9. The summed E-state index contributed by atoms with van der Waals surface area (Å²) in [5.41, 5.74) is 5.89. The Morgan fingerprint density at radius 2 is 1.96 bits per heavy atom. The number of para-hydroxylation sites is 1. The van der Waals surface area contributed by atoms with Gasteiger partial charge in [0.05, 0.1) is 21.2 Å². The third-order valence-electron chi connectivity index (χ3n) is 4.09. The predicted molar refractivity (Wildman–Crippen MR) is 111 cm³/mol. The summed E-state index contributed by atoms with van der Waals surface area (Å²) in [6, 6.07) is 19.5. The summed E-state index contributed by atoms with van der Waals surface area (Å²) in [6.45, 7) is 2.58. The van der Waals surface area contributed by atoms with Crippen LogP contribution < -0.4 is 11.0 Å². The number of benzene rings is 2. The Hall–Kier alpha value is -2.44. The largest absolute Gasteiger partial charge is 0.316 e. The highest BCUT2D eigenvalue weighted by Crippen LogP contribution is 2.23. The zero-order valence-electron chi connectivity index (χ0n) is 14.1. The van der Waals surface area contributed by atoms with Gasteiger partial charge in [-0.2, -0.15) is 0 Å². The van der Waals surface area contributed by atoms with Crippen molar-refractivity contribution in [1.29, 1.82) is 0 Å². The van der Waals surface area contributed by atoms with Crippen LogP contribution in [-0.2, 0) is 6.54 Å². The number of halogens is 1. The van der Waals surface area contributed by atoms with Gasteiger partial charge in [0, 0.05) is 10.4 Å². The van der Waals surface area contributed by atoms with E-state index in [0.717, 1.165) is 19.8 Å². The fourth-order valence-electron chi connectivity index (χ4n) is 2.86. The van der Waals surface area contributed by atoms with Gasteiger partial charge in [0.15, 0.2) is 5.82 Å². The molecule has 0 saturated heterocycles. The number of aromatic nitrogens is 2. The Bertz CT molecular complexity index is 1150. The van der Waals surface area contributed by atoms with E-state index in [1.54, 1.807) is 16.0 Å². The monoisotopic (exact) mass is 425 g/mol. The van der Waals surface area contributed by atoms with Gasteiger partial charge in [-0.05, 0) is 53.2 Å². The Morgan fingerprint density at radius 3 is 2.73 bits per heavy atom.